The minimum Gasteiger partial charge on any atom is -0.0616 e. The molecule has 0 nitrogen and oxygen atoms in total. The monoisotopic (exact) mass is 839 g/mol. The van der Waals surface area contributed by atoms with Crippen LogP contribution in [0.15, 0.2) is 133 Å². The molecule has 64 heavy (non-hydrogen) atoms. The Bertz CT molecular complexity index is 2780. The Morgan fingerprint density at radius 2 is 0.562 bits per heavy atom. The van der Waals surface area contributed by atoms with Gasteiger partial charge in [-0.2, -0.15) is 0 Å². The molecule has 0 fully saturated rings. The third-order valence-corrected chi connectivity index (χ3v) is 15.0. The third-order valence-electron chi connectivity index (χ3n) is 15.0. The number of hydrogen-bond acceptors (Lipinski definition) is 0. The molecule has 0 aliphatic heterocycles. The lowest BCUT2D eigenvalue weighted by molar-refractivity contribution is 0.579. The summed E-state index contributed by atoms with van der Waals surface area (Å²) < 4.78 is 0. The molecule has 7 aromatic rings. The van der Waals surface area contributed by atoms with Gasteiger partial charge in [0.2, 0.25) is 0 Å². The van der Waals surface area contributed by atoms with E-state index < -0.39 is 0 Å². The van der Waals surface area contributed by atoms with Crippen molar-refractivity contribution >= 4 is 0 Å². The van der Waals surface area contributed by atoms with Gasteiger partial charge < -0.3 is 0 Å². The maximum absolute atomic E-state index is 2.51. The number of rotatable bonds is 4. The predicted octanol–water partition coefficient (Wildman–Crippen LogP) is 18.2. The Morgan fingerprint density at radius 1 is 0.266 bits per heavy atom. The summed E-state index contributed by atoms with van der Waals surface area (Å²) in [6.45, 7) is 37.8. The van der Waals surface area contributed by atoms with Gasteiger partial charge in [-0.3, -0.25) is 0 Å². The molecular formula is C64H70. The summed E-state index contributed by atoms with van der Waals surface area (Å²) in [4.78, 5) is 0. The average molecular weight is 839 g/mol. The summed E-state index contributed by atoms with van der Waals surface area (Å²) in [5.41, 5.74) is 26.9. The van der Waals surface area contributed by atoms with Crippen molar-refractivity contribution in [1.29, 1.82) is 0 Å². The summed E-state index contributed by atoms with van der Waals surface area (Å²) in [6.07, 6.45) is 0. The van der Waals surface area contributed by atoms with E-state index >= 15 is 0 Å². The summed E-state index contributed by atoms with van der Waals surface area (Å²) in [6, 6.07) is 52.2. The average Bonchev–Trinajstić information content (AvgIpc) is 3.60. The van der Waals surface area contributed by atoms with Gasteiger partial charge in [0.1, 0.15) is 0 Å². The van der Waals surface area contributed by atoms with Crippen LogP contribution in [0.2, 0.25) is 0 Å². The Hall–Kier alpha value is -5.46. The van der Waals surface area contributed by atoms with Crippen LogP contribution < -0.4 is 0 Å². The van der Waals surface area contributed by atoms with Crippen LogP contribution in [0.3, 0.4) is 0 Å². The summed E-state index contributed by atoms with van der Waals surface area (Å²) >= 11 is 0. The molecule has 9 rings (SSSR count). The molecule has 0 atom stereocenters. The van der Waals surface area contributed by atoms with Crippen molar-refractivity contribution < 1.29 is 0 Å². The normalized spacial score (nSPS) is 15.1. The van der Waals surface area contributed by atoms with Crippen molar-refractivity contribution in [3.63, 3.8) is 0 Å². The molecule has 0 heteroatoms. The zero-order chi connectivity index (χ0) is 46.1. The Kier molecular flexibility index (Phi) is 9.93. The maximum atomic E-state index is 2.51. The van der Waals surface area contributed by atoms with Crippen LogP contribution in [0.1, 0.15) is 155 Å². The second-order valence-corrected chi connectivity index (χ2v) is 24.3. The molecule has 0 N–H and O–H groups in total. The van der Waals surface area contributed by atoms with Crippen LogP contribution >= 0.6 is 0 Å². The van der Waals surface area contributed by atoms with Gasteiger partial charge >= 0.3 is 0 Å². The molecule has 0 aromatic heterocycles. The van der Waals surface area contributed by atoms with Crippen LogP contribution in [0.25, 0.3) is 66.8 Å². The van der Waals surface area contributed by atoms with Crippen molar-refractivity contribution in [3.8, 4) is 66.8 Å². The van der Waals surface area contributed by atoms with Gasteiger partial charge in [-0.05, 0) is 145 Å². The molecule has 0 bridgehead atoms. The number of benzene rings is 7. The van der Waals surface area contributed by atoms with Crippen molar-refractivity contribution in [2.75, 3.05) is 0 Å². The largest absolute Gasteiger partial charge is 0.0616 e. The van der Waals surface area contributed by atoms with E-state index in [1.165, 1.54) is 111 Å². The zero-order valence-corrected chi connectivity index (χ0v) is 41.7. The van der Waals surface area contributed by atoms with E-state index in [2.05, 4.69) is 244 Å². The number of hydrogen-bond donors (Lipinski definition) is 0. The molecule has 7 aromatic carbocycles. The van der Waals surface area contributed by atoms with Crippen LogP contribution in [-0.2, 0) is 32.5 Å². The van der Waals surface area contributed by atoms with Crippen LogP contribution in [-0.4, -0.2) is 0 Å². The second kappa shape index (κ2) is 14.5. The van der Waals surface area contributed by atoms with E-state index in [0.717, 1.165) is 0 Å². The molecule has 326 valence electrons. The molecule has 2 aliphatic carbocycles. The van der Waals surface area contributed by atoms with E-state index in [9.17, 15) is 0 Å². The molecule has 0 saturated carbocycles. The van der Waals surface area contributed by atoms with Gasteiger partial charge in [-0.25, -0.2) is 0 Å². The topological polar surface area (TPSA) is 0 Å². The highest BCUT2D eigenvalue weighted by Crippen LogP contribution is 2.57. The summed E-state index contributed by atoms with van der Waals surface area (Å²) in [5.74, 6) is 0. The predicted molar refractivity (Wildman–Crippen MR) is 278 cm³/mol. The van der Waals surface area contributed by atoms with Crippen molar-refractivity contribution in [1.82, 2.24) is 0 Å². The fourth-order valence-electron chi connectivity index (χ4n) is 10.7. The fraction of sp³-hybridized carbons (Fsp3) is 0.344. The minimum atomic E-state index is -0.119. The van der Waals surface area contributed by atoms with Gasteiger partial charge in [-0.1, -0.05) is 232 Å². The van der Waals surface area contributed by atoms with Crippen LogP contribution in [0.5, 0.6) is 0 Å². The molecule has 0 spiro atoms. The highest BCUT2D eigenvalue weighted by molar-refractivity contribution is 5.99. The molecule has 0 saturated heterocycles. The maximum Gasteiger partial charge on any atom is 0.0159 e. The van der Waals surface area contributed by atoms with E-state index in [-0.39, 0.29) is 32.5 Å². The smallest absolute Gasteiger partial charge is 0.0159 e. The first kappa shape index (κ1) is 43.8. The van der Waals surface area contributed by atoms with Crippen molar-refractivity contribution in [2.45, 2.75) is 143 Å². The lowest BCUT2D eigenvalue weighted by Crippen LogP contribution is -2.19. The Labute approximate surface area is 386 Å². The van der Waals surface area contributed by atoms with E-state index in [0.29, 0.717) is 0 Å². The lowest BCUT2D eigenvalue weighted by atomic mass is 9.76. The Balaban J connectivity index is 1.19. The van der Waals surface area contributed by atoms with Gasteiger partial charge in [0.15, 0.2) is 0 Å². The summed E-state index contributed by atoms with van der Waals surface area (Å²) in [5, 5.41) is 0. The van der Waals surface area contributed by atoms with Crippen LogP contribution in [0, 0.1) is 0 Å². The highest BCUT2D eigenvalue weighted by Gasteiger charge is 2.41. The standard InChI is InChI=1S/C64H70/c1-59(2,3)41-29-31-49-53(35-41)63(13,14)55-37-43(61(7,8)9)33-51(57(49)55)47-23-19-17-21-45(47)39-25-27-40(28-26-39)46-22-18-20-24-48(46)52-34-44(62(10,11)12)38-56-58(52)50-32-30-42(60(4,5)6)36-54(50)64(56,15)16/h17-38H,1-16H3. The fourth-order valence-corrected chi connectivity index (χ4v) is 10.7. The third kappa shape index (κ3) is 7.12. The second-order valence-electron chi connectivity index (χ2n) is 24.3. The summed E-state index contributed by atoms with van der Waals surface area (Å²) in [7, 11) is 0. The first-order chi connectivity index (χ1) is 29.8. The molecule has 2 aliphatic rings. The van der Waals surface area contributed by atoms with Gasteiger partial charge in [0.25, 0.3) is 0 Å². The number of fused-ring (bicyclic) bond motifs is 6. The lowest BCUT2D eigenvalue weighted by Gasteiger charge is -2.28. The van der Waals surface area contributed by atoms with E-state index in [1.54, 1.807) is 0 Å². The highest BCUT2D eigenvalue weighted by atomic mass is 14.4. The Morgan fingerprint density at radius 3 is 0.875 bits per heavy atom. The van der Waals surface area contributed by atoms with E-state index in [1.807, 2.05) is 0 Å². The molecule has 0 amide bonds. The first-order valence-corrected chi connectivity index (χ1v) is 23.8. The quantitative estimate of drug-likeness (QED) is 0.166. The first-order valence-electron chi connectivity index (χ1n) is 23.8. The zero-order valence-electron chi connectivity index (χ0n) is 41.7. The molecule has 0 unspecified atom stereocenters. The molecule has 0 heterocycles. The molecular weight excluding hydrogens is 769 g/mol. The van der Waals surface area contributed by atoms with Gasteiger partial charge in [0, 0.05) is 10.8 Å². The molecule has 0 radical (unpaired) electrons. The van der Waals surface area contributed by atoms with Gasteiger partial charge in [-0.15, -0.1) is 0 Å². The SMILES string of the molecule is CC(C)(C)c1ccc2c(c1)C(C)(C)c1cc(C(C)(C)C)cc(-c3ccccc3-c3ccc(-c4ccccc4-c4cc(C(C)(C)C)cc5c4-c4ccc(C(C)(C)C)cc4C5(C)C)cc3)c1-2. The van der Waals surface area contributed by atoms with Gasteiger partial charge in [0.05, 0.1) is 0 Å². The van der Waals surface area contributed by atoms with Crippen molar-refractivity contribution in [2.24, 2.45) is 0 Å². The van der Waals surface area contributed by atoms with Crippen LogP contribution in [0.4, 0.5) is 0 Å². The van der Waals surface area contributed by atoms with E-state index in [4.69, 9.17) is 0 Å². The minimum absolute atomic E-state index is 0.00506. The van der Waals surface area contributed by atoms with Crippen molar-refractivity contribution in [3.05, 3.63) is 178 Å².